The van der Waals surface area contributed by atoms with Crippen molar-refractivity contribution in [2.45, 2.75) is 13.0 Å². The molecule has 0 unspecified atom stereocenters. The zero-order valence-corrected chi connectivity index (χ0v) is 18.9. The van der Waals surface area contributed by atoms with Crippen LogP contribution in [-0.4, -0.2) is 70.1 Å². The van der Waals surface area contributed by atoms with E-state index < -0.39 is 0 Å². The highest BCUT2D eigenvalue weighted by Gasteiger charge is 2.20. The van der Waals surface area contributed by atoms with Crippen LogP contribution in [0.15, 0.2) is 54.0 Å². The van der Waals surface area contributed by atoms with E-state index >= 15 is 0 Å². The minimum atomic E-state index is 0. The Kier molecular flexibility index (Phi) is 7.62. The van der Waals surface area contributed by atoms with Crippen molar-refractivity contribution in [3.63, 3.8) is 0 Å². The van der Waals surface area contributed by atoms with Gasteiger partial charge in [0.1, 0.15) is 0 Å². The summed E-state index contributed by atoms with van der Waals surface area (Å²) >= 11 is 0. The fourth-order valence-corrected chi connectivity index (χ4v) is 3.54. The van der Waals surface area contributed by atoms with E-state index in [1.54, 1.807) is 12.4 Å². The molecule has 0 amide bonds. The van der Waals surface area contributed by atoms with Crippen molar-refractivity contribution >= 4 is 46.9 Å². The first-order valence-corrected chi connectivity index (χ1v) is 9.72. The lowest BCUT2D eigenvalue weighted by Crippen LogP contribution is -2.53. The second-order valence-corrected chi connectivity index (χ2v) is 6.78. The lowest BCUT2D eigenvalue weighted by atomic mass is 10.3. The summed E-state index contributed by atoms with van der Waals surface area (Å²) in [6.07, 6.45) is 6.51. The number of nitrogens with zero attached hydrogens (tertiary/aromatic N) is 7. The van der Waals surface area contributed by atoms with E-state index in [4.69, 9.17) is 0 Å². The number of halogens is 1. The summed E-state index contributed by atoms with van der Waals surface area (Å²) in [6.45, 7) is 5.41. The van der Waals surface area contributed by atoms with Gasteiger partial charge in [-0.25, -0.2) is 15.0 Å². The molecule has 0 atom stereocenters. The molecule has 9 heteroatoms. The molecule has 0 aliphatic carbocycles. The van der Waals surface area contributed by atoms with E-state index in [0.717, 1.165) is 63.1 Å². The average Bonchev–Trinajstić information content (AvgIpc) is 3.18. The van der Waals surface area contributed by atoms with Crippen LogP contribution in [0, 0.1) is 0 Å². The maximum atomic E-state index is 4.46. The summed E-state index contributed by atoms with van der Waals surface area (Å²) in [4.78, 5) is 22.1. The number of aryl methyl sites for hydroxylation is 1. The number of imidazole rings is 1. The molecule has 3 heterocycles. The van der Waals surface area contributed by atoms with Crippen LogP contribution >= 0.6 is 24.0 Å². The standard InChI is InChI=1S/C20H26N8.HI/c1-21-19(26-12-14-27(15-13-26)20-23-8-4-9-24-20)22-10-5-11-28-16-25-17-6-2-3-7-18(17)28;/h2-4,6-9,16H,5,10-15H2,1H3,(H,21,22);1H. The lowest BCUT2D eigenvalue weighted by Gasteiger charge is -2.36. The zero-order chi connectivity index (χ0) is 19.2. The first kappa shape index (κ1) is 21.3. The van der Waals surface area contributed by atoms with E-state index in [-0.39, 0.29) is 24.0 Å². The van der Waals surface area contributed by atoms with E-state index in [9.17, 15) is 0 Å². The van der Waals surface area contributed by atoms with Gasteiger partial charge in [0.15, 0.2) is 5.96 Å². The molecule has 1 aliphatic rings. The number of hydrogen-bond acceptors (Lipinski definition) is 5. The van der Waals surface area contributed by atoms with Gasteiger partial charge in [0, 0.05) is 58.7 Å². The number of fused-ring (bicyclic) bond motifs is 1. The van der Waals surface area contributed by atoms with Gasteiger partial charge in [0.2, 0.25) is 5.95 Å². The quantitative estimate of drug-likeness (QED) is 0.248. The Morgan fingerprint density at radius 2 is 1.79 bits per heavy atom. The number of aliphatic imine (C=N–C) groups is 1. The fraction of sp³-hybridized carbons (Fsp3) is 0.400. The summed E-state index contributed by atoms with van der Waals surface area (Å²) in [5, 5.41) is 3.50. The molecule has 8 nitrogen and oxygen atoms in total. The number of hydrogen-bond donors (Lipinski definition) is 1. The summed E-state index contributed by atoms with van der Waals surface area (Å²) in [5.41, 5.74) is 2.23. The number of aromatic nitrogens is 4. The number of rotatable bonds is 5. The van der Waals surface area contributed by atoms with Crippen LogP contribution in [-0.2, 0) is 6.54 Å². The van der Waals surface area contributed by atoms with Crippen molar-refractivity contribution in [3.05, 3.63) is 49.1 Å². The van der Waals surface area contributed by atoms with Gasteiger partial charge in [-0.2, -0.15) is 0 Å². The molecule has 0 radical (unpaired) electrons. The molecule has 1 aliphatic heterocycles. The Balaban J connectivity index is 0.00000240. The molecular weight excluding hydrogens is 479 g/mol. The van der Waals surface area contributed by atoms with Crippen LogP contribution in [0.1, 0.15) is 6.42 Å². The highest BCUT2D eigenvalue weighted by atomic mass is 127. The molecule has 1 saturated heterocycles. The Hall–Kier alpha value is -2.43. The molecule has 0 spiro atoms. The van der Waals surface area contributed by atoms with Gasteiger partial charge in [-0.3, -0.25) is 4.99 Å². The Labute approximate surface area is 188 Å². The summed E-state index contributed by atoms with van der Waals surface area (Å²) in [6, 6.07) is 10.1. The third-order valence-corrected chi connectivity index (χ3v) is 5.01. The predicted molar refractivity (Wildman–Crippen MR) is 127 cm³/mol. The summed E-state index contributed by atoms with van der Waals surface area (Å²) < 4.78 is 2.21. The molecule has 4 rings (SSSR count). The molecule has 2 aromatic heterocycles. The van der Waals surface area contributed by atoms with Crippen LogP contribution in [0.4, 0.5) is 5.95 Å². The third kappa shape index (κ3) is 5.14. The Morgan fingerprint density at radius 3 is 2.55 bits per heavy atom. The van der Waals surface area contributed by atoms with Crippen molar-refractivity contribution < 1.29 is 0 Å². The number of para-hydroxylation sites is 2. The van der Waals surface area contributed by atoms with Crippen LogP contribution in [0.3, 0.4) is 0 Å². The van der Waals surface area contributed by atoms with Crippen LogP contribution in [0.5, 0.6) is 0 Å². The minimum Gasteiger partial charge on any atom is -0.356 e. The van der Waals surface area contributed by atoms with Crippen molar-refractivity contribution in [1.29, 1.82) is 0 Å². The number of benzene rings is 1. The second kappa shape index (κ2) is 10.4. The highest BCUT2D eigenvalue weighted by molar-refractivity contribution is 14.0. The molecule has 3 aromatic rings. The van der Waals surface area contributed by atoms with Gasteiger partial charge in [0.05, 0.1) is 17.4 Å². The number of nitrogens with one attached hydrogen (secondary N) is 1. The second-order valence-electron chi connectivity index (χ2n) is 6.78. The van der Waals surface area contributed by atoms with Gasteiger partial charge in [-0.05, 0) is 24.6 Å². The molecular formula is C20H27IN8. The Bertz CT molecular complexity index is 918. The van der Waals surface area contributed by atoms with E-state index in [1.165, 1.54) is 5.52 Å². The lowest BCUT2D eigenvalue weighted by molar-refractivity contribution is 0.369. The topological polar surface area (TPSA) is 74.5 Å². The van der Waals surface area contributed by atoms with Crippen molar-refractivity contribution in [1.82, 2.24) is 29.7 Å². The smallest absolute Gasteiger partial charge is 0.225 e. The van der Waals surface area contributed by atoms with Crippen molar-refractivity contribution in [2.24, 2.45) is 4.99 Å². The van der Waals surface area contributed by atoms with Crippen LogP contribution in [0.25, 0.3) is 11.0 Å². The zero-order valence-electron chi connectivity index (χ0n) is 16.6. The SMILES string of the molecule is CN=C(NCCCn1cnc2ccccc21)N1CCN(c2ncccn2)CC1.I. The maximum Gasteiger partial charge on any atom is 0.225 e. The first-order chi connectivity index (χ1) is 13.8. The van der Waals surface area contributed by atoms with E-state index in [2.05, 4.69) is 51.8 Å². The fourth-order valence-electron chi connectivity index (χ4n) is 3.54. The number of piperazine rings is 1. The summed E-state index contributed by atoms with van der Waals surface area (Å²) in [7, 11) is 1.85. The van der Waals surface area contributed by atoms with Gasteiger partial charge in [-0.15, -0.1) is 24.0 Å². The monoisotopic (exact) mass is 506 g/mol. The number of guanidine groups is 1. The van der Waals surface area contributed by atoms with Crippen molar-refractivity contribution in [3.8, 4) is 0 Å². The largest absolute Gasteiger partial charge is 0.356 e. The maximum absolute atomic E-state index is 4.46. The normalized spacial score (nSPS) is 14.7. The Morgan fingerprint density at radius 1 is 1.03 bits per heavy atom. The highest BCUT2D eigenvalue weighted by Crippen LogP contribution is 2.12. The minimum absolute atomic E-state index is 0. The van der Waals surface area contributed by atoms with E-state index in [0.29, 0.717) is 0 Å². The number of anilines is 1. The molecule has 0 bridgehead atoms. The molecule has 154 valence electrons. The van der Waals surface area contributed by atoms with Gasteiger partial charge >= 0.3 is 0 Å². The van der Waals surface area contributed by atoms with Crippen LogP contribution in [0.2, 0.25) is 0 Å². The predicted octanol–water partition coefficient (Wildman–Crippen LogP) is 2.23. The molecule has 1 fully saturated rings. The van der Waals surface area contributed by atoms with Gasteiger partial charge < -0.3 is 19.7 Å². The average molecular weight is 506 g/mol. The molecule has 0 saturated carbocycles. The van der Waals surface area contributed by atoms with Gasteiger partial charge in [0.25, 0.3) is 0 Å². The third-order valence-electron chi connectivity index (χ3n) is 5.01. The first-order valence-electron chi connectivity index (χ1n) is 9.72. The van der Waals surface area contributed by atoms with Gasteiger partial charge in [-0.1, -0.05) is 12.1 Å². The van der Waals surface area contributed by atoms with Crippen molar-refractivity contribution in [2.75, 3.05) is 44.7 Å². The van der Waals surface area contributed by atoms with Crippen LogP contribution < -0.4 is 10.2 Å². The molecule has 1 N–H and O–H groups in total. The summed E-state index contributed by atoms with van der Waals surface area (Å²) in [5.74, 6) is 1.77. The molecule has 29 heavy (non-hydrogen) atoms. The molecule has 1 aromatic carbocycles. The van der Waals surface area contributed by atoms with E-state index in [1.807, 2.05) is 31.6 Å².